The molecular formula is C24H34N2. The quantitative estimate of drug-likeness (QED) is 0.612. The molecule has 0 saturated carbocycles. The van der Waals surface area contributed by atoms with Crippen LogP contribution in [0.25, 0.3) is 16.5 Å². The number of hydrogen-bond donors (Lipinski definition) is 1. The van der Waals surface area contributed by atoms with Crippen LogP contribution in [0, 0.1) is 0 Å². The standard InChI is InChI=1S/C24H34N2/c1-6-8-19(9-7-2)24-23(17(3)4)21-16-20(10-11-22(21)25-24)18-12-14-26(5)15-13-18/h6,8-11,16-18,25H,7,12-15H2,1-5H3/b8-6-,19-9+. The van der Waals surface area contributed by atoms with E-state index in [1.165, 1.54) is 59.2 Å². The monoisotopic (exact) mass is 350 g/mol. The molecule has 0 amide bonds. The van der Waals surface area contributed by atoms with E-state index in [2.05, 4.69) is 81.1 Å². The molecule has 1 saturated heterocycles. The van der Waals surface area contributed by atoms with Gasteiger partial charge in [-0.25, -0.2) is 0 Å². The highest BCUT2D eigenvalue weighted by molar-refractivity contribution is 5.92. The Bertz CT molecular complexity index is 799. The number of benzene rings is 1. The number of nitrogens with one attached hydrogen (secondary N) is 1. The van der Waals surface area contributed by atoms with E-state index >= 15 is 0 Å². The number of piperidine rings is 1. The molecule has 2 nitrogen and oxygen atoms in total. The Hall–Kier alpha value is -1.80. The summed E-state index contributed by atoms with van der Waals surface area (Å²) in [7, 11) is 2.23. The first-order chi connectivity index (χ1) is 12.5. The molecular weight excluding hydrogens is 316 g/mol. The Labute approximate surface area is 159 Å². The Morgan fingerprint density at radius 1 is 1.27 bits per heavy atom. The van der Waals surface area contributed by atoms with Gasteiger partial charge in [0.15, 0.2) is 0 Å². The molecule has 0 bridgehead atoms. The van der Waals surface area contributed by atoms with Crippen LogP contribution in [0.1, 0.15) is 75.6 Å². The third-order valence-corrected chi connectivity index (χ3v) is 5.69. The zero-order chi connectivity index (χ0) is 18.7. The van der Waals surface area contributed by atoms with Crippen molar-refractivity contribution in [3.05, 3.63) is 53.2 Å². The first kappa shape index (κ1) is 19.0. The molecule has 2 heterocycles. The van der Waals surface area contributed by atoms with Crippen molar-refractivity contribution in [3.8, 4) is 0 Å². The first-order valence-corrected chi connectivity index (χ1v) is 10.2. The highest BCUT2D eigenvalue weighted by Gasteiger charge is 2.21. The molecule has 1 fully saturated rings. The number of likely N-dealkylation sites (tertiary alicyclic amines) is 1. The average Bonchev–Trinajstić information content (AvgIpc) is 3.01. The SMILES string of the molecule is C/C=C\C(=C/CC)c1[nH]c2ccc(C3CCN(C)CC3)cc2c1C(C)C. The van der Waals surface area contributed by atoms with E-state index in [0.29, 0.717) is 11.8 Å². The van der Waals surface area contributed by atoms with Crippen LogP contribution in [0.3, 0.4) is 0 Å². The second kappa shape index (κ2) is 8.26. The maximum absolute atomic E-state index is 3.72. The van der Waals surface area contributed by atoms with Gasteiger partial charge in [0.05, 0.1) is 0 Å². The van der Waals surface area contributed by atoms with Gasteiger partial charge in [-0.1, -0.05) is 45.1 Å². The van der Waals surface area contributed by atoms with Crippen molar-refractivity contribution in [1.29, 1.82) is 0 Å². The number of aromatic amines is 1. The summed E-state index contributed by atoms with van der Waals surface area (Å²) >= 11 is 0. The number of fused-ring (bicyclic) bond motifs is 1. The van der Waals surface area contributed by atoms with E-state index in [1.807, 2.05) is 0 Å². The van der Waals surface area contributed by atoms with Crippen molar-refractivity contribution in [2.24, 2.45) is 0 Å². The summed E-state index contributed by atoms with van der Waals surface area (Å²) in [6.07, 6.45) is 10.3. The fourth-order valence-electron chi connectivity index (χ4n) is 4.31. The summed E-state index contributed by atoms with van der Waals surface area (Å²) in [6.45, 7) is 11.4. The average molecular weight is 351 g/mol. The van der Waals surface area contributed by atoms with Crippen LogP contribution in [0.5, 0.6) is 0 Å². The summed E-state index contributed by atoms with van der Waals surface area (Å²) in [6, 6.07) is 7.12. The minimum absolute atomic E-state index is 0.497. The summed E-state index contributed by atoms with van der Waals surface area (Å²) in [4.78, 5) is 6.17. The van der Waals surface area contributed by atoms with Crippen LogP contribution in [0.15, 0.2) is 36.4 Å². The molecule has 0 spiro atoms. The topological polar surface area (TPSA) is 19.0 Å². The molecule has 2 heteroatoms. The fourth-order valence-corrected chi connectivity index (χ4v) is 4.31. The lowest BCUT2D eigenvalue weighted by atomic mass is 9.87. The van der Waals surface area contributed by atoms with Crippen molar-refractivity contribution in [3.63, 3.8) is 0 Å². The number of aromatic nitrogens is 1. The lowest BCUT2D eigenvalue weighted by Gasteiger charge is -2.29. The lowest BCUT2D eigenvalue weighted by Crippen LogP contribution is -2.29. The molecule has 0 radical (unpaired) electrons. The number of nitrogens with zero attached hydrogens (tertiary/aromatic N) is 1. The van der Waals surface area contributed by atoms with Gasteiger partial charge in [-0.2, -0.15) is 0 Å². The van der Waals surface area contributed by atoms with Gasteiger partial charge >= 0.3 is 0 Å². The smallest absolute Gasteiger partial charge is 0.0496 e. The molecule has 1 aliphatic heterocycles. The summed E-state index contributed by atoms with van der Waals surface area (Å²) in [5.74, 6) is 1.20. The van der Waals surface area contributed by atoms with Gasteiger partial charge in [0, 0.05) is 16.6 Å². The van der Waals surface area contributed by atoms with Gasteiger partial charge in [-0.05, 0) is 87.0 Å². The van der Waals surface area contributed by atoms with Gasteiger partial charge in [-0.15, -0.1) is 0 Å². The fraction of sp³-hybridized carbons (Fsp3) is 0.500. The van der Waals surface area contributed by atoms with E-state index in [9.17, 15) is 0 Å². The zero-order valence-electron chi connectivity index (χ0n) is 17.1. The molecule has 1 aromatic carbocycles. The third-order valence-electron chi connectivity index (χ3n) is 5.69. The summed E-state index contributed by atoms with van der Waals surface area (Å²) in [5.41, 5.74) is 6.87. The summed E-state index contributed by atoms with van der Waals surface area (Å²) < 4.78 is 0. The van der Waals surface area contributed by atoms with Crippen molar-refractivity contribution in [2.75, 3.05) is 20.1 Å². The first-order valence-electron chi connectivity index (χ1n) is 10.2. The number of hydrogen-bond acceptors (Lipinski definition) is 1. The maximum Gasteiger partial charge on any atom is 0.0496 e. The summed E-state index contributed by atoms with van der Waals surface area (Å²) in [5, 5.41) is 1.41. The molecule has 0 atom stereocenters. The Balaban J connectivity index is 2.08. The molecule has 1 N–H and O–H groups in total. The number of rotatable bonds is 5. The number of allylic oxidation sites excluding steroid dienone is 4. The molecule has 1 aliphatic rings. The Kier molecular flexibility index (Phi) is 6.03. The van der Waals surface area contributed by atoms with Crippen molar-refractivity contribution >= 4 is 16.5 Å². The predicted molar refractivity (Wildman–Crippen MR) is 115 cm³/mol. The normalized spacial score (nSPS) is 17.8. The van der Waals surface area contributed by atoms with Crippen LogP contribution >= 0.6 is 0 Å². The molecule has 2 aromatic rings. The number of H-pyrrole nitrogens is 1. The third kappa shape index (κ3) is 3.81. The van der Waals surface area contributed by atoms with Gasteiger partial charge in [0.25, 0.3) is 0 Å². The van der Waals surface area contributed by atoms with Crippen LogP contribution in [-0.4, -0.2) is 30.0 Å². The lowest BCUT2D eigenvalue weighted by molar-refractivity contribution is 0.255. The zero-order valence-corrected chi connectivity index (χ0v) is 17.1. The van der Waals surface area contributed by atoms with Crippen LogP contribution in [-0.2, 0) is 0 Å². The van der Waals surface area contributed by atoms with Crippen LogP contribution in [0.2, 0.25) is 0 Å². The Morgan fingerprint density at radius 2 is 2.00 bits per heavy atom. The van der Waals surface area contributed by atoms with Crippen molar-refractivity contribution in [2.45, 2.75) is 58.8 Å². The van der Waals surface area contributed by atoms with Gasteiger partial charge in [0.1, 0.15) is 0 Å². The van der Waals surface area contributed by atoms with Crippen molar-refractivity contribution < 1.29 is 0 Å². The van der Waals surface area contributed by atoms with Crippen molar-refractivity contribution in [1.82, 2.24) is 9.88 Å². The molecule has 26 heavy (non-hydrogen) atoms. The van der Waals surface area contributed by atoms with Crippen LogP contribution < -0.4 is 0 Å². The molecule has 0 aliphatic carbocycles. The highest BCUT2D eigenvalue weighted by atomic mass is 15.1. The second-order valence-corrected chi connectivity index (χ2v) is 8.02. The predicted octanol–water partition coefficient (Wildman–Crippen LogP) is 6.47. The Morgan fingerprint density at radius 3 is 2.62 bits per heavy atom. The maximum atomic E-state index is 3.72. The van der Waals surface area contributed by atoms with E-state index in [0.717, 1.165) is 6.42 Å². The van der Waals surface area contributed by atoms with E-state index in [-0.39, 0.29) is 0 Å². The molecule has 1 aromatic heterocycles. The minimum atomic E-state index is 0.497. The van der Waals surface area contributed by atoms with E-state index in [1.54, 1.807) is 0 Å². The van der Waals surface area contributed by atoms with E-state index in [4.69, 9.17) is 0 Å². The second-order valence-electron chi connectivity index (χ2n) is 8.02. The largest absolute Gasteiger partial charge is 0.354 e. The van der Waals surface area contributed by atoms with Crippen LogP contribution in [0.4, 0.5) is 0 Å². The van der Waals surface area contributed by atoms with E-state index < -0.39 is 0 Å². The molecule has 3 rings (SSSR count). The molecule has 140 valence electrons. The molecule has 0 unspecified atom stereocenters. The van der Waals surface area contributed by atoms with Gasteiger partial charge in [-0.3, -0.25) is 0 Å². The van der Waals surface area contributed by atoms with Gasteiger partial charge in [0.2, 0.25) is 0 Å². The minimum Gasteiger partial charge on any atom is -0.354 e. The van der Waals surface area contributed by atoms with Gasteiger partial charge < -0.3 is 9.88 Å². The highest BCUT2D eigenvalue weighted by Crippen LogP contribution is 2.37.